The molecule has 1 aromatic carbocycles. The number of aliphatic hydroxyl groups excluding tert-OH is 2. The molecule has 1 unspecified atom stereocenters. The Bertz CT molecular complexity index is 642. The van der Waals surface area contributed by atoms with Gasteiger partial charge >= 0.3 is 0 Å². The van der Waals surface area contributed by atoms with Crippen LogP contribution in [0, 0.1) is 0 Å². The molecular weight excluding hydrogens is 318 g/mol. The summed E-state index contributed by atoms with van der Waals surface area (Å²) in [6.45, 7) is 1.92. The number of alkyl halides is 2. The Kier molecular flexibility index (Phi) is 4.64. The van der Waals surface area contributed by atoms with E-state index in [2.05, 4.69) is 0 Å². The van der Waals surface area contributed by atoms with Gasteiger partial charge in [0, 0.05) is 16.9 Å². The number of rotatable bonds is 2. The minimum atomic E-state index is -3.10. The van der Waals surface area contributed by atoms with Crippen molar-refractivity contribution in [2.45, 2.75) is 68.0 Å². The standard InChI is InChI=1S/C18H24F2O2S/c1-3-23(2)15-8-7-13(11-5-4-6-12(21)9-11)14-10-18(19,20)17(22)16(14)15/h3,7-8,11-12,17,21-22H,4-6,9-10H2,1-2H3/t11-,12+,17-,23?/m0/s1. The van der Waals surface area contributed by atoms with Crippen LogP contribution in [-0.4, -0.2) is 33.9 Å². The largest absolute Gasteiger partial charge is 0.393 e. The first kappa shape index (κ1) is 17.1. The first-order chi connectivity index (χ1) is 10.8. The lowest BCUT2D eigenvalue weighted by Gasteiger charge is -2.28. The second-order valence-corrected chi connectivity index (χ2v) is 8.72. The molecule has 0 saturated heterocycles. The van der Waals surface area contributed by atoms with Gasteiger partial charge in [-0.25, -0.2) is 8.78 Å². The van der Waals surface area contributed by atoms with E-state index in [0.717, 1.165) is 29.7 Å². The van der Waals surface area contributed by atoms with Crippen LogP contribution in [0.15, 0.2) is 17.0 Å². The minimum Gasteiger partial charge on any atom is -0.393 e. The second kappa shape index (κ2) is 6.26. The summed E-state index contributed by atoms with van der Waals surface area (Å²) >= 11 is 0. The number of benzene rings is 1. The molecule has 0 heterocycles. The lowest BCUT2D eigenvalue weighted by molar-refractivity contribution is -0.0976. The van der Waals surface area contributed by atoms with Crippen LogP contribution in [-0.2, 0) is 6.42 Å². The Balaban J connectivity index is 2.11. The second-order valence-electron chi connectivity index (χ2n) is 6.70. The van der Waals surface area contributed by atoms with Crippen molar-refractivity contribution in [1.29, 1.82) is 0 Å². The van der Waals surface area contributed by atoms with Gasteiger partial charge in [0.1, 0.15) is 6.10 Å². The van der Waals surface area contributed by atoms with E-state index >= 15 is 0 Å². The summed E-state index contributed by atoms with van der Waals surface area (Å²) in [6.07, 6.45) is 2.80. The summed E-state index contributed by atoms with van der Waals surface area (Å²) in [6, 6.07) is 3.86. The Morgan fingerprint density at radius 2 is 2.00 bits per heavy atom. The highest BCUT2D eigenvalue weighted by atomic mass is 32.2. The molecule has 5 heteroatoms. The Labute approximate surface area is 138 Å². The van der Waals surface area contributed by atoms with Crippen molar-refractivity contribution in [2.75, 3.05) is 6.26 Å². The van der Waals surface area contributed by atoms with Crippen molar-refractivity contribution in [2.24, 2.45) is 0 Å². The summed E-state index contributed by atoms with van der Waals surface area (Å²) in [5.74, 6) is -2.98. The predicted octanol–water partition coefficient (Wildman–Crippen LogP) is 4.01. The molecule has 1 fully saturated rings. The zero-order valence-electron chi connectivity index (χ0n) is 13.6. The Morgan fingerprint density at radius 3 is 2.65 bits per heavy atom. The van der Waals surface area contributed by atoms with Crippen LogP contribution in [0.5, 0.6) is 0 Å². The van der Waals surface area contributed by atoms with Crippen molar-refractivity contribution >= 4 is 15.9 Å². The highest BCUT2D eigenvalue weighted by Gasteiger charge is 2.49. The number of aliphatic hydroxyl groups is 2. The number of fused-ring (bicyclic) bond motifs is 1. The van der Waals surface area contributed by atoms with Crippen LogP contribution < -0.4 is 0 Å². The molecule has 2 aliphatic carbocycles. The molecule has 1 saturated carbocycles. The topological polar surface area (TPSA) is 40.5 Å². The van der Waals surface area contributed by atoms with Crippen LogP contribution in [0.3, 0.4) is 0 Å². The zero-order valence-corrected chi connectivity index (χ0v) is 14.4. The van der Waals surface area contributed by atoms with Gasteiger partial charge in [-0.3, -0.25) is 0 Å². The van der Waals surface area contributed by atoms with Gasteiger partial charge in [-0.1, -0.05) is 17.9 Å². The Morgan fingerprint density at radius 1 is 1.26 bits per heavy atom. The molecule has 1 aromatic rings. The normalized spacial score (nSPS) is 31.1. The van der Waals surface area contributed by atoms with E-state index < -0.39 is 12.0 Å². The van der Waals surface area contributed by atoms with Gasteiger partial charge in [-0.15, -0.1) is 0 Å². The van der Waals surface area contributed by atoms with Crippen molar-refractivity contribution in [1.82, 2.24) is 0 Å². The van der Waals surface area contributed by atoms with Gasteiger partial charge in [-0.05, 0) is 55.6 Å². The van der Waals surface area contributed by atoms with E-state index in [9.17, 15) is 19.0 Å². The fourth-order valence-corrected chi connectivity index (χ4v) is 5.06. The van der Waals surface area contributed by atoms with E-state index in [1.165, 1.54) is 0 Å². The van der Waals surface area contributed by atoms with Gasteiger partial charge in [0.15, 0.2) is 0 Å². The summed E-state index contributed by atoms with van der Waals surface area (Å²) < 4.78 is 28.4. The molecule has 0 spiro atoms. The molecule has 2 nitrogen and oxygen atoms in total. The third kappa shape index (κ3) is 2.99. The van der Waals surface area contributed by atoms with E-state index in [-0.39, 0.29) is 28.9 Å². The first-order valence-corrected chi connectivity index (χ1v) is 9.88. The SMILES string of the molecule is C/C=S(/C)c1ccc([C@H]2CCC[C@@H](O)C2)c2c1[C@H](O)C(F)(F)C2. The smallest absolute Gasteiger partial charge is 0.281 e. The molecule has 2 aliphatic rings. The molecule has 23 heavy (non-hydrogen) atoms. The summed E-state index contributed by atoms with van der Waals surface area (Å²) in [5.41, 5.74) is 1.98. The van der Waals surface area contributed by atoms with Crippen LogP contribution in [0.4, 0.5) is 8.78 Å². The zero-order chi connectivity index (χ0) is 16.8. The molecule has 4 atom stereocenters. The predicted molar refractivity (Wildman–Crippen MR) is 90.8 cm³/mol. The molecule has 0 amide bonds. The molecule has 0 aromatic heterocycles. The molecule has 0 bridgehead atoms. The fourth-order valence-electron chi connectivity index (χ4n) is 3.94. The van der Waals surface area contributed by atoms with Crippen molar-refractivity contribution in [3.8, 4) is 0 Å². The number of hydrogen-bond acceptors (Lipinski definition) is 2. The van der Waals surface area contributed by atoms with E-state index in [4.69, 9.17) is 0 Å². The maximum absolute atomic E-state index is 14.2. The monoisotopic (exact) mass is 342 g/mol. The molecule has 0 radical (unpaired) electrons. The highest BCUT2D eigenvalue weighted by molar-refractivity contribution is 8.14. The average molecular weight is 342 g/mol. The quantitative estimate of drug-likeness (QED) is 0.797. The number of halogens is 2. The third-order valence-electron chi connectivity index (χ3n) is 5.23. The van der Waals surface area contributed by atoms with Gasteiger partial charge in [0.05, 0.1) is 6.10 Å². The maximum Gasteiger partial charge on any atom is 0.281 e. The van der Waals surface area contributed by atoms with E-state index in [0.29, 0.717) is 17.5 Å². The van der Waals surface area contributed by atoms with Crippen LogP contribution in [0.2, 0.25) is 0 Å². The molecule has 3 rings (SSSR count). The summed E-state index contributed by atoms with van der Waals surface area (Å²) in [4.78, 5) is 0.826. The van der Waals surface area contributed by atoms with Crippen LogP contribution >= 0.6 is 10.5 Å². The van der Waals surface area contributed by atoms with Gasteiger partial charge < -0.3 is 10.2 Å². The van der Waals surface area contributed by atoms with Crippen molar-refractivity contribution in [3.05, 3.63) is 28.8 Å². The first-order valence-electron chi connectivity index (χ1n) is 8.19. The maximum atomic E-state index is 14.2. The van der Waals surface area contributed by atoms with Crippen LogP contribution in [0.1, 0.15) is 61.3 Å². The van der Waals surface area contributed by atoms with E-state index in [1.807, 2.05) is 30.7 Å². The fraction of sp³-hybridized carbons (Fsp3) is 0.611. The van der Waals surface area contributed by atoms with Crippen molar-refractivity contribution < 1.29 is 19.0 Å². The van der Waals surface area contributed by atoms with Gasteiger partial charge in [-0.2, -0.15) is 10.5 Å². The molecular formula is C18H24F2O2S. The lowest BCUT2D eigenvalue weighted by atomic mass is 9.80. The number of hydrogen-bond donors (Lipinski definition) is 2. The average Bonchev–Trinajstić information content (AvgIpc) is 2.76. The lowest BCUT2D eigenvalue weighted by Crippen LogP contribution is -2.22. The molecule has 128 valence electrons. The minimum absolute atomic E-state index is 0.117. The van der Waals surface area contributed by atoms with Crippen LogP contribution in [0.25, 0.3) is 0 Å². The third-order valence-corrected chi connectivity index (χ3v) is 6.98. The highest BCUT2D eigenvalue weighted by Crippen LogP contribution is 2.51. The van der Waals surface area contributed by atoms with E-state index in [1.54, 1.807) is 0 Å². The summed E-state index contributed by atoms with van der Waals surface area (Å²) in [5, 5.41) is 22.1. The summed E-state index contributed by atoms with van der Waals surface area (Å²) in [7, 11) is -0.264. The van der Waals surface area contributed by atoms with Gasteiger partial charge in [0.2, 0.25) is 0 Å². The molecule has 2 N–H and O–H groups in total. The van der Waals surface area contributed by atoms with Gasteiger partial charge in [0.25, 0.3) is 5.92 Å². The van der Waals surface area contributed by atoms with Crippen molar-refractivity contribution in [3.63, 3.8) is 0 Å². The Hall–Kier alpha value is -0.780. The molecule has 0 aliphatic heterocycles.